The van der Waals surface area contributed by atoms with Crippen molar-refractivity contribution in [2.75, 3.05) is 7.11 Å². The van der Waals surface area contributed by atoms with Crippen LogP contribution >= 0.6 is 0 Å². The van der Waals surface area contributed by atoms with E-state index >= 15 is 0 Å². The molecule has 4 nitrogen and oxygen atoms in total. The van der Waals surface area contributed by atoms with Crippen LogP contribution in [-0.2, 0) is 15.1 Å². The molecule has 0 saturated heterocycles. The topological polar surface area (TPSA) is 59.4 Å². The second kappa shape index (κ2) is 4.22. The lowest BCUT2D eigenvalue weighted by Gasteiger charge is -2.36. The number of carbonyl (C=O) groups is 1. The summed E-state index contributed by atoms with van der Waals surface area (Å²) in [6, 6.07) is 5.21. The van der Waals surface area contributed by atoms with Gasteiger partial charge in [-0.05, 0) is 32.9 Å². The summed E-state index contributed by atoms with van der Waals surface area (Å²) in [5, 5.41) is 10.5. The van der Waals surface area contributed by atoms with Crippen molar-refractivity contribution in [2.45, 2.75) is 26.4 Å². The highest BCUT2D eigenvalue weighted by Gasteiger charge is 2.48. The van der Waals surface area contributed by atoms with E-state index in [1.807, 2.05) is 0 Å². The Kier molecular flexibility index (Phi) is 3.33. The van der Waals surface area contributed by atoms with Crippen LogP contribution in [0.5, 0.6) is 0 Å². The number of pyridine rings is 1. The first-order chi connectivity index (χ1) is 7.34. The van der Waals surface area contributed by atoms with E-state index in [0.717, 1.165) is 0 Å². The first-order valence-electron chi connectivity index (χ1n) is 5.06. The zero-order chi connectivity index (χ0) is 12.4. The van der Waals surface area contributed by atoms with E-state index in [1.165, 1.54) is 7.11 Å². The highest BCUT2D eigenvalue weighted by Crippen LogP contribution is 2.39. The van der Waals surface area contributed by atoms with E-state index < -0.39 is 17.0 Å². The fourth-order valence-corrected chi connectivity index (χ4v) is 1.42. The molecule has 0 fully saturated rings. The Hall–Kier alpha value is -1.42. The van der Waals surface area contributed by atoms with Gasteiger partial charge < -0.3 is 9.84 Å². The molecule has 1 aromatic rings. The molecule has 88 valence electrons. The molecule has 0 bridgehead atoms. The lowest BCUT2D eigenvalue weighted by Crippen LogP contribution is -2.46. The first-order valence-corrected chi connectivity index (χ1v) is 5.06. The summed E-state index contributed by atoms with van der Waals surface area (Å²) in [5.41, 5.74) is -1.98. The van der Waals surface area contributed by atoms with Crippen molar-refractivity contribution in [1.29, 1.82) is 0 Å². The van der Waals surface area contributed by atoms with Gasteiger partial charge in [-0.3, -0.25) is 9.78 Å². The van der Waals surface area contributed by atoms with Gasteiger partial charge in [-0.25, -0.2) is 0 Å². The van der Waals surface area contributed by atoms with Crippen molar-refractivity contribution in [3.63, 3.8) is 0 Å². The van der Waals surface area contributed by atoms with Gasteiger partial charge in [-0.15, -0.1) is 0 Å². The third-order valence-electron chi connectivity index (χ3n) is 3.08. The van der Waals surface area contributed by atoms with Gasteiger partial charge in [-0.1, -0.05) is 6.07 Å². The van der Waals surface area contributed by atoms with Gasteiger partial charge in [0, 0.05) is 6.20 Å². The fourth-order valence-electron chi connectivity index (χ4n) is 1.42. The maximum atomic E-state index is 11.6. The van der Waals surface area contributed by atoms with Crippen LogP contribution in [0.3, 0.4) is 0 Å². The number of aliphatic hydroxyl groups is 1. The van der Waals surface area contributed by atoms with Crippen molar-refractivity contribution in [1.82, 2.24) is 4.98 Å². The number of rotatable bonds is 3. The summed E-state index contributed by atoms with van der Waals surface area (Å²) in [6.07, 6.45) is 1.58. The summed E-state index contributed by atoms with van der Waals surface area (Å²) in [7, 11) is 1.30. The third-order valence-corrected chi connectivity index (χ3v) is 3.08. The van der Waals surface area contributed by atoms with Gasteiger partial charge in [0.2, 0.25) is 0 Å². The Morgan fingerprint density at radius 2 is 2.00 bits per heavy atom. The Labute approximate surface area is 95.3 Å². The van der Waals surface area contributed by atoms with E-state index in [-0.39, 0.29) is 0 Å². The maximum absolute atomic E-state index is 11.6. The molecule has 0 amide bonds. The Morgan fingerprint density at radius 3 is 2.44 bits per heavy atom. The molecule has 0 aliphatic rings. The maximum Gasteiger partial charge on any atom is 0.314 e. The largest absolute Gasteiger partial charge is 0.469 e. The van der Waals surface area contributed by atoms with E-state index in [9.17, 15) is 9.90 Å². The Bertz CT molecular complexity index is 371. The number of carbonyl (C=O) groups excluding carboxylic acids is 1. The number of hydrogen-bond acceptors (Lipinski definition) is 4. The molecule has 1 aromatic heterocycles. The molecule has 0 aliphatic heterocycles. The van der Waals surface area contributed by atoms with Gasteiger partial charge in [0.05, 0.1) is 18.2 Å². The molecule has 0 aromatic carbocycles. The van der Waals surface area contributed by atoms with Gasteiger partial charge in [0.25, 0.3) is 0 Å². The van der Waals surface area contributed by atoms with Crippen LogP contribution in [0.15, 0.2) is 24.4 Å². The minimum atomic E-state index is -1.37. The minimum absolute atomic E-state index is 0.449. The molecule has 1 rings (SSSR count). The SMILES string of the molecule is COC(=O)C(C)(C)C(C)(O)c1ccccn1. The molecule has 1 heterocycles. The fraction of sp³-hybridized carbons (Fsp3) is 0.500. The van der Waals surface area contributed by atoms with Gasteiger partial charge in [0.1, 0.15) is 5.60 Å². The monoisotopic (exact) mass is 223 g/mol. The van der Waals surface area contributed by atoms with Crippen LogP contribution in [0, 0.1) is 5.41 Å². The quantitative estimate of drug-likeness (QED) is 0.789. The van der Waals surface area contributed by atoms with E-state index in [0.29, 0.717) is 5.69 Å². The summed E-state index contributed by atoms with van der Waals surface area (Å²) in [4.78, 5) is 15.7. The smallest absolute Gasteiger partial charge is 0.314 e. The summed E-state index contributed by atoms with van der Waals surface area (Å²) in [6.45, 7) is 4.83. The number of aromatic nitrogens is 1. The zero-order valence-electron chi connectivity index (χ0n) is 10.0. The third kappa shape index (κ3) is 1.93. The molecule has 1 N–H and O–H groups in total. The molecule has 1 unspecified atom stereocenters. The number of esters is 1. The zero-order valence-corrected chi connectivity index (χ0v) is 10.0. The minimum Gasteiger partial charge on any atom is -0.469 e. The normalized spacial score (nSPS) is 15.3. The highest BCUT2D eigenvalue weighted by atomic mass is 16.5. The number of hydrogen-bond donors (Lipinski definition) is 1. The van der Waals surface area contributed by atoms with E-state index in [2.05, 4.69) is 4.98 Å². The van der Waals surface area contributed by atoms with Crippen molar-refractivity contribution in [3.05, 3.63) is 30.1 Å². The molecule has 0 saturated carbocycles. The van der Waals surface area contributed by atoms with E-state index in [1.54, 1.807) is 45.2 Å². The van der Waals surface area contributed by atoms with Crippen LogP contribution in [0.4, 0.5) is 0 Å². The highest BCUT2D eigenvalue weighted by molar-refractivity contribution is 5.77. The second-order valence-electron chi connectivity index (χ2n) is 4.40. The van der Waals surface area contributed by atoms with Crippen LogP contribution in [-0.4, -0.2) is 23.2 Å². The molecular weight excluding hydrogens is 206 g/mol. The van der Waals surface area contributed by atoms with Crippen LogP contribution in [0.1, 0.15) is 26.5 Å². The average Bonchev–Trinajstić information content (AvgIpc) is 2.28. The van der Waals surface area contributed by atoms with Crippen LogP contribution < -0.4 is 0 Å². The molecular formula is C12H17NO3. The predicted octanol–water partition coefficient (Wildman–Crippen LogP) is 1.49. The number of methoxy groups -OCH3 is 1. The van der Waals surface area contributed by atoms with Crippen molar-refractivity contribution < 1.29 is 14.6 Å². The van der Waals surface area contributed by atoms with Crippen LogP contribution in [0.25, 0.3) is 0 Å². The lowest BCUT2D eigenvalue weighted by molar-refractivity contribution is -0.168. The number of ether oxygens (including phenoxy) is 1. The summed E-state index contributed by atoms with van der Waals surface area (Å²) >= 11 is 0. The van der Waals surface area contributed by atoms with E-state index in [4.69, 9.17) is 4.74 Å². The Morgan fingerprint density at radius 1 is 1.38 bits per heavy atom. The molecule has 0 aliphatic carbocycles. The second-order valence-corrected chi connectivity index (χ2v) is 4.40. The summed E-state index contributed by atoms with van der Waals surface area (Å²) in [5.74, 6) is -0.469. The summed E-state index contributed by atoms with van der Waals surface area (Å²) < 4.78 is 4.70. The predicted molar refractivity (Wildman–Crippen MR) is 59.6 cm³/mol. The first kappa shape index (κ1) is 12.6. The van der Waals surface area contributed by atoms with Crippen molar-refractivity contribution in [2.24, 2.45) is 5.41 Å². The van der Waals surface area contributed by atoms with Gasteiger partial charge >= 0.3 is 5.97 Å². The van der Waals surface area contributed by atoms with Gasteiger partial charge in [-0.2, -0.15) is 0 Å². The molecule has 0 radical (unpaired) electrons. The van der Waals surface area contributed by atoms with Crippen molar-refractivity contribution >= 4 is 5.97 Å². The molecule has 4 heteroatoms. The lowest BCUT2D eigenvalue weighted by atomic mass is 9.74. The van der Waals surface area contributed by atoms with Crippen LogP contribution in [0.2, 0.25) is 0 Å². The number of nitrogens with zero attached hydrogens (tertiary/aromatic N) is 1. The molecule has 1 atom stereocenters. The van der Waals surface area contributed by atoms with Crippen molar-refractivity contribution in [3.8, 4) is 0 Å². The standard InChI is InChI=1S/C12H17NO3/c1-11(2,10(14)16-4)12(3,15)9-7-5-6-8-13-9/h5-8,15H,1-4H3. The molecule has 16 heavy (non-hydrogen) atoms. The van der Waals surface area contributed by atoms with Gasteiger partial charge in [0.15, 0.2) is 0 Å². The Balaban J connectivity index is 3.16. The molecule has 0 spiro atoms. The average molecular weight is 223 g/mol.